The lowest BCUT2D eigenvalue weighted by atomic mass is 9.94. The summed E-state index contributed by atoms with van der Waals surface area (Å²) in [6.45, 7) is 4.69. The van der Waals surface area contributed by atoms with Gasteiger partial charge in [-0.1, -0.05) is 206 Å². The molecular weight excluding hydrogens is 528 g/mol. The van der Waals surface area contributed by atoms with Crippen LogP contribution in [0.15, 0.2) is 0 Å². The number of unbranched alkanes of at least 4 members (excludes halogenated alkanes) is 28. The van der Waals surface area contributed by atoms with Gasteiger partial charge in [0.05, 0.1) is 6.61 Å². The van der Waals surface area contributed by atoms with E-state index >= 15 is 0 Å². The lowest BCUT2D eigenvalue weighted by molar-refractivity contribution is 0.204. The van der Waals surface area contributed by atoms with Crippen molar-refractivity contribution in [2.24, 2.45) is 5.92 Å². The maximum atomic E-state index is 11.1. The maximum Gasteiger partial charge on any atom is 0.397 e. The van der Waals surface area contributed by atoms with Gasteiger partial charge in [-0.2, -0.15) is 8.42 Å². The Kier molecular flexibility index (Phi) is 32.7. The lowest BCUT2D eigenvalue weighted by Gasteiger charge is -2.16. The highest BCUT2D eigenvalue weighted by Gasteiger charge is 2.13. The Morgan fingerprint density at radius 3 is 0.854 bits per heavy atom. The molecule has 0 saturated carbocycles. The summed E-state index contributed by atoms with van der Waals surface area (Å²) in [7, 11) is -4.34. The molecule has 0 amide bonds. The minimum absolute atomic E-state index is 0.135. The Morgan fingerprint density at radius 1 is 0.415 bits per heavy atom. The Hall–Kier alpha value is -0.130. The lowest BCUT2D eigenvalue weighted by Crippen LogP contribution is -2.14. The summed E-state index contributed by atoms with van der Waals surface area (Å²) in [4.78, 5) is 0. The number of rotatable bonds is 35. The molecule has 0 aliphatic carbocycles. The first-order valence-electron chi connectivity index (χ1n) is 18.6. The van der Waals surface area contributed by atoms with Gasteiger partial charge in [0.25, 0.3) is 0 Å². The van der Waals surface area contributed by atoms with Crippen LogP contribution >= 0.6 is 0 Å². The molecule has 0 spiro atoms. The fraction of sp³-hybridized carbons (Fsp3) is 1.00. The minimum atomic E-state index is -4.34. The molecule has 0 aliphatic rings. The summed E-state index contributed by atoms with van der Waals surface area (Å²) in [6.07, 6.45) is 42.7. The topological polar surface area (TPSA) is 63.6 Å². The first kappa shape index (κ1) is 40.9. The van der Waals surface area contributed by atoms with Crippen LogP contribution in [0.2, 0.25) is 0 Å². The fourth-order valence-electron chi connectivity index (χ4n) is 6.10. The normalized spacial score (nSPS) is 12.1. The van der Waals surface area contributed by atoms with Crippen molar-refractivity contribution >= 4 is 10.4 Å². The number of hydrogen-bond acceptors (Lipinski definition) is 3. The van der Waals surface area contributed by atoms with Crippen molar-refractivity contribution in [1.82, 2.24) is 0 Å². The van der Waals surface area contributed by atoms with Gasteiger partial charge in [-0.05, 0) is 18.8 Å². The molecular formula is C36H74O4S. The summed E-state index contributed by atoms with van der Waals surface area (Å²) in [6, 6.07) is 0. The summed E-state index contributed by atoms with van der Waals surface area (Å²) in [5.41, 5.74) is 0. The van der Waals surface area contributed by atoms with Crippen molar-refractivity contribution in [3.63, 3.8) is 0 Å². The average Bonchev–Trinajstić information content (AvgIpc) is 2.94. The zero-order valence-corrected chi connectivity index (χ0v) is 28.8. The van der Waals surface area contributed by atoms with E-state index in [1.165, 1.54) is 180 Å². The SMILES string of the molecule is CCCCCCCCCCCCCCCCCC(CCCCCCCCCCCCCCCCC)COS(=O)(=O)O. The predicted molar refractivity (Wildman–Crippen MR) is 180 cm³/mol. The van der Waals surface area contributed by atoms with Gasteiger partial charge < -0.3 is 0 Å². The van der Waals surface area contributed by atoms with E-state index in [2.05, 4.69) is 13.8 Å². The van der Waals surface area contributed by atoms with Crippen LogP contribution in [-0.4, -0.2) is 19.6 Å². The van der Waals surface area contributed by atoms with Crippen LogP contribution < -0.4 is 0 Å². The Bertz CT molecular complexity index is 558. The van der Waals surface area contributed by atoms with Crippen LogP contribution in [0.4, 0.5) is 0 Å². The van der Waals surface area contributed by atoms with E-state index in [-0.39, 0.29) is 12.5 Å². The molecule has 41 heavy (non-hydrogen) atoms. The van der Waals surface area contributed by atoms with Crippen LogP contribution in [0.3, 0.4) is 0 Å². The quantitative estimate of drug-likeness (QED) is 0.0579. The zero-order chi connectivity index (χ0) is 30.1. The molecule has 1 N–H and O–H groups in total. The molecule has 0 aromatic rings. The first-order valence-corrected chi connectivity index (χ1v) is 20.0. The largest absolute Gasteiger partial charge is 0.397 e. The molecule has 0 heterocycles. The molecule has 4 nitrogen and oxygen atoms in total. The second-order valence-electron chi connectivity index (χ2n) is 13.1. The fourth-order valence-corrected chi connectivity index (χ4v) is 6.47. The molecule has 0 unspecified atom stereocenters. The second kappa shape index (κ2) is 32.8. The summed E-state index contributed by atoms with van der Waals surface area (Å²) in [5.74, 6) is 0.237. The minimum Gasteiger partial charge on any atom is -0.264 e. The van der Waals surface area contributed by atoms with Crippen LogP contribution in [0, 0.1) is 5.92 Å². The van der Waals surface area contributed by atoms with Gasteiger partial charge in [-0.25, -0.2) is 4.18 Å². The smallest absolute Gasteiger partial charge is 0.264 e. The van der Waals surface area contributed by atoms with Crippen LogP contribution in [0.1, 0.15) is 219 Å². The van der Waals surface area contributed by atoms with Crippen LogP contribution in [0.25, 0.3) is 0 Å². The Morgan fingerprint density at radius 2 is 0.634 bits per heavy atom. The molecule has 5 heteroatoms. The Balaban J connectivity index is 3.67. The molecule has 0 aromatic carbocycles. The van der Waals surface area contributed by atoms with Crippen molar-refractivity contribution in [1.29, 1.82) is 0 Å². The van der Waals surface area contributed by atoms with E-state index in [0.717, 1.165) is 25.7 Å². The van der Waals surface area contributed by atoms with Gasteiger partial charge in [0, 0.05) is 0 Å². The van der Waals surface area contributed by atoms with Gasteiger partial charge in [-0.3, -0.25) is 4.55 Å². The monoisotopic (exact) mass is 603 g/mol. The van der Waals surface area contributed by atoms with Crippen molar-refractivity contribution in [2.45, 2.75) is 219 Å². The summed E-state index contributed by atoms with van der Waals surface area (Å²) < 4.78 is 36.0. The van der Waals surface area contributed by atoms with Crippen LogP contribution in [0.5, 0.6) is 0 Å². The van der Waals surface area contributed by atoms with Gasteiger partial charge in [0.15, 0.2) is 0 Å². The highest BCUT2D eigenvalue weighted by molar-refractivity contribution is 7.80. The van der Waals surface area contributed by atoms with Crippen molar-refractivity contribution in [2.75, 3.05) is 6.61 Å². The van der Waals surface area contributed by atoms with Crippen LogP contribution in [-0.2, 0) is 14.6 Å². The third-order valence-electron chi connectivity index (χ3n) is 8.88. The highest BCUT2D eigenvalue weighted by atomic mass is 32.3. The maximum absolute atomic E-state index is 11.1. The average molecular weight is 603 g/mol. The molecule has 0 radical (unpaired) electrons. The molecule has 0 atom stereocenters. The first-order chi connectivity index (χ1) is 20.0. The Labute approximate surface area is 258 Å². The van der Waals surface area contributed by atoms with Crippen molar-refractivity contribution in [3.8, 4) is 0 Å². The third-order valence-corrected chi connectivity index (χ3v) is 9.32. The van der Waals surface area contributed by atoms with E-state index in [1.54, 1.807) is 0 Å². The van der Waals surface area contributed by atoms with Crippen molar-refractivity contribution in [3.05, 3.63) is 0 Å². The van der Waals surface area contributed by atoms with E-state index in [9.17, 15) is 8.42 Å². The second-order valence-corrected chi connectivity index (χ2v) is 14.1. The molecule has 0 fully saturated rings. The zero-order valence-electron chi connectivity index (χ0n) is 28.0. The summed E-state index contributed by atoms with van der Waals surface area (Å²) in [5, 5.41) is 0. The van der Waals surface area contributed by atoms with Gasteiger partial charge >= 0.3 is 10.4 Å². The van der Waals surface area contributed by atoms with Gasteiger partial charge in [-0.15, -0.1) is 0 Å². The summed E-state index contributed by atoms with van der Waals surface area (Å²) >= 11 is 0. The molecule has 0 aromatic heterocycles. The van der Waals surface area contributed by atoms with E-state index in [4.69, 9.17) is 8.74 Å². The molecule has 0 aliphatic heterocycles. The van der Waals surface area contributed by atoms with E-state index in [1.807, 2.05) is 0 Å². The third kappa shape index (κ3) is 36.0. The molecule has 0 bridgehead atoms. The van der Waals surface area contributed by atoms with Crippen molar-refractivity contribution < 1.29 is 17.2 Å². The standard InChI is InChI=1S/C36H74O4S/c1-3-5-7-9-11-13-15-17-19-21-23-25-27-29-31-33-36(35-40-41(37,38)39)34-32-30-28-26-24-22-20-18-16-14-12-10-8-6-4-2/h36H,3-35H2,1-2H3,(H,37,38,39). The van der Waals surface area contributed by atoms with Gasteiger partial charge in [0.2, 0.25) is 0 Å². The van der Waals surface area contributed by atoms with E-state index in [0.29, 0.717) is 0 Å². The number of hydrogen-bond donors (Lipinski definition) is 1. The molecule has 0 saturated heterocycles. The highest BCUT2D eigenvalue weighted by Crippen LogP contribution is 2.21. The molecule has 248 valence electrons. The molecule has 0 rings (SSSR count). The van der Waals surface area contributed by atoms with E-state index < -0.39 is 10.4 Å². The van der Waals surface area contributed by atoms with Gasteiger partial charge in [0.1, 0.15) is 0 Å². The predicted octanol–water partition coefficient (Wildman–Crippen LogP) is 12.9.